The van der Waals surface area contributed by atoms with E-state index in [0.717, 1.165) is 22.9 Å². The molecule has 3 N–H and O–H groups in total. The van der Waals surface area contributed by atoms with Gasteiger partial charge in [0.2, 0.25) is 0 Å². The van der Waals surface area contributed by atoms with Gasteiger partial charge in [0.15, 0.2) is 0 Å². The normalized spacial score (nSPS) is 12.0. The van der Waals surface area contributed by atoms with Crippen LogP contribution < -0.4 is 10.6 Å². The van der Waals surface area contributed by atoms with Gasteiger partial charge in [-0.1, -0.05) is 60.7 Å². The van der Waals surface area contributed by atoms with Gasteiger partial charge in [0, 0.05) is 11.5 Å². The van der Waals surface area contributed by atoms with E-state index in [2.05, 4.69) is 10.6 Å². The van der Waals surface area contributed by atoms with E-state index >= 15 is 0 Å². The summed E-state index contributed by atoms with van der Waals surface area (Å²) in [6, 6.07) is 15.6. The van der Waals surface area contributed by atoms with Gasteiger partial charge >= 0.3 is 24.1 Å². The molecule has 0 fully saturated rings. The molecule has 2 rings (SSSR count). The maximum atomic E-state index is 12.2. The molecule has 11 heteroatoms. The predicted octanol–water partition coefficient (Wildman–Crippen LogP) is 2.96. The van der Waals surface area contributed by atoms with Crippen LogP contribution in [0.25, 0.3) is 0 Å². The fraction of sp³-hybridized carbons (Fsp3) is 0.333. The van der Waals surface area contributed by atoms with Gasteiger partial charge in [-0.2, -0.15) is 11.8 Å². The summed E-state index contributed by atoms with van der Waals surface area (Å²) in [5.41, 5.74) is 1.53. The number of hydrogen-bond donors (Lipinski definition) is 3. The Bertz CT molecular complexity index is 959. The standard InChI is InChI=1S/C24H28N2O8S/c1-2-32-22(29)20(26-24(31)34-14-18-11-7-4-8-12-18)16-35-15-19(21(27)28)25-23(30)33-13-17-9-5-3-6-10-17/h3-12,19-20H,2,13-16H2,1H3,(H,25,30)(H,26,31)(H,27,28)/t19-,20-/m0/s1. The van der Waals surface area contributed by atoms with Gasteiger partial charge in [0.05, 0.1) is 6.61 Å². The van der Waals surface area contributed by atoms with Crippen LogP contribution in [-0.2, 0) is 37.0 Å². The van der Waals surface area contributed by atoms with Crippen molar-refractivity contribution in [3.63, 3.8) is 0 Å². The maximum Gasteiger partial charge on any atom is 0.408 e. The molecule has 0 heterocycles. The van der Waals surface area contributed by atoms with Crippen LogP contribution in [-0.4, -0.2) is 59.4 Å². The molecule has 0 unspecified atom stereocenters. The van der Waals surface area contributed by atoms with E-state index in [1.807, 2.05) is 12.1 Å². The van der Waals surface area contributed by atoms with Crippen LogP contribution in [0.2, 0.25) is 0 Å². The van der Waals surface area contributed by atoms with E-state index in [-0.39, 0.29) is 31.3 Å². The minimum atomic E-state index is -1.27. The van der Waals surface area contributed by atoms with E-state index in [0.29, 0.717) is 0 Å². The molecule has 0 radical (unpaired) electrons. The lowest BCUT2D eigenvalue weighted by atomic mass is 10.2. The highest BCUT2D eigenvalue weighted by Crippen LogP contribution is 2.09. The summed E-state index contributed by atoms with van der Waals surface area (Å²) in [5, 5.41) is 14.1. The first-order valence-electron chi connectivity index (χ1n) is 10.8. The third-order valence-electron chi connectivity index (χ3n) is 4.45. The molecule has 0 aliphatic carbocycles. The summed E-state index contributed by atoms with van der Waals surface area (Å²) >= 11 is 1.04. The summed E-state index contributed by atoms with van der Waals surface area (Å²) < 4.78 is 15.2. The van der Waals surface area contributed by atoms with Crippen LogP contribution in [0, 0.1) is 0 Å². The topological polar surface area (TPSA) is 140 Å². The van der Waals surface area contributed by atoms with E-state index in [1.165, 1.54) is 0 Å². The summed E-state index contributed by atoms with van der Waals surface area (Å²) in [4.78, 5) is 48.0. The number of carboxylic acids is 1. The van der Waals surface area contributed by atoms with Crippen molar-refractivity contribution in [2.24, 2.45) is 0 Å². The molecule has 0 aliphatic heterocycles. The Morgan fingerprint density at radius 2 is 1.23 bits per heavy atom. The van der Waals surface area contributed by atoms with Gasteiger partial charge < -0.3 is 30.0 Å². The highest BCUT2D eigenvalue weighted by molar-refractivity contribution is 7.99. The number of benzene rings is 2. The van der Waals surface area contributed by atoms with Crippen LogP contribution in [0.15, 0.2) is 60.7 Å². The molecule has 188 valence electrons. The zero-order valence-corrected chi connectivity index (χ0v) is 20.0. The molecule has 0 saturated carbocycles. The van der Waals surface area contributed by atoms with Crippen molar-refractivity contribution < 1.29 is 38.5 Å². The SMILES string of the molecule is CCOC(=O)[C@H](CSC[C@H](NC(=O)OCc1ccccc1)C(=O)O)NC(=O)OCc1ccccc1. The van der Waals surface area contributed by atoms with Crippen molar-refractivity contribution in [2.75, 3.05) is 18.1 Å². The number of rotatable bonds is 13. The second-order valence-corrected chi connectivity index (χ2v) is 8.22. The lowest BCUT2D eigenvalue weighted by Crippen LogP contribution is -2.45. The molecular formula is C24H28N2O8S. The highest BCUT2D eigenvalue weighted by atomic mass is 32.2. The van der Waals surface area contributed by atoms with Gasteiger partial charge in [0.25, 0.3) is 0 Å². The lowest BCUT2D eigenvalue weighted by Gasteiger charge is -2.19. The predicted molar refractivity (Wildman–Crippen MR) is 129 cm³/mol. The zero-order valence-electron chi connectivity index (χ0n) is 19.2. The van der Waals surface area contributed by atoms with Crippen molar-refractivity contribution >= 4 is 35.9 Å². The first-order valence-corrected chi connectivity index (χ1v) is 12.0. The molecule has 0 saturated heterocycles. The molecular weight excluding hydrogens is 476 g/mol. The van der Waals surface area contributed by atoms with Crippen LogP contribution in [0.5, 0.6) is 0 Å². The minimum absolute atomic E-state index is 0.00376. The number of carbonyl (C=O) groups excluding carboxylic acids is 3. The van der Waals surface area contributed by atoms with Crippen LogP contribution in [0.4, 0.5) is 9.59 Å². The van der Waals surface area contributed by atoms with Crippen LogP contribution in [0.1, 0.15) is 18.1 Å². The Labute approximate surface area is 207 Å². The second-order valence-electron chi connectivity index (χ2n) is 7.15. The second kappa shape index (κ2) is 15.2. The first kappa shape index (κ1) is 27.5. The quantitative estimate of drug-likeness (QED) is 0.277. The molecule has 35 heavy (non-hydrogen) atoms. The molecule has 2 amide bonds. The Morgan fingerprint density at radius 3 is 1.69 bits per heavy atom. The van der Waals surface area contributed by atoms with Gasteiger partial charge in [0.1, 0.15) is 25.3 Å². The molecule has 0 spiro atoms. The number of hydrogen-bond acceptors (Lipinski definition) is 8. The summed E-state index contributed by atoms with van der Waals surface area (Å²) in [5.74, 6) is -2.02. The van der Waals surface area contributed by atoms with E-state index in [9.17, 15) is 24.3 Å². The van der Waals surface area contributed by atoms with Crippen molar-refractivity contribution in [2.45, 2.75) is 32.2 Å². The number of amides is 2. The molecule has 10 nitrogen and oxygen atoms in total. The summed E-state index contributed by atoms with van der Waals surface area (Å²) in [7, 11) is 0. The van der Waals surface area contributed by atoms with E-state index in [1.54, 1.807) is 55.5 Å². The third-order valence-corrected chi connectivity index (χ3v) is 5.59. The lowest BCUT2D eigenvalue weighted by molar-refractivity contribution is -0.144. The maximum absolute atomic E-state index is 12.2. The van der Waals surface area contributed by atoms with Gasteiger partial charge in [-0.3, -0.25) is 0 Å². The molecule has 0 aromatic heterocycles. The van der Waals surface area contributed by atoms with Crippen LogP contribution in [0.3, 0.4) is 0 Å². The first-order chi connectivity index (χ1) is 16.9. The van der Waals surface area contributed by atoms with E-state index in [4.69, 9.17) is 14.2 Å². The average molecular weight is 505 g/mol. The molecule has 2 atom stereocenters. The minimum Gasteiger partial charge on any atom is -0.480 e. The van der Waals surface area contributed by atoms with Crippen LogP contribution >= 0.6 is 11.8 Å². The van der Waals surface area contributed by atoms with Crippen molar-refractivity contribution in [1.82, 2.24) is 10.6 Å². The van der Waals surface area contributed by atoms with E-state index < -0.39 is 36.2 Å². The highest BCUT2D eigenvalue weighted by Gasteiger charge is 2.26. The number of ether oxygens (including phenoxy) is 3. The summed E-state index contributed by atoms with van der Waals surface area (Å²) in [6.07, 6.45) is -1.70. The zero-order chi connectivity index (χ0) is 25.5. The number of thioether (sulfide) groups is 1. The van der Waals surface area contributed by atoms with Crippen molar-refractivity contribution in [1.29, 1.82) is 0 Å². The Hall–Kier alpha value is -3.73. The molecule has 2 aromatic rings. The fourth-order valence-corrected chi connectivity index (χ4v) is 3.76. The molecule has 0 bridgehead atoms. The largest absolute Gasteiger partial charge is 0.480 e. The number of nitrogens with one attached hydrogen (secondary N) is 2. The number of carboxylic acid groups (broad SMARTS) is 1. The number of esters is 1. The van der Waals surface area contributed by atoms with Crippen molar-refractivity contribution in [3.05, 3.63) is 71.8 Å². The number of carbonyl (C=O) groups is 4. The monoisotopic (exact) mass is 504 g/mol. The smallest absolute Gasteiger partial charge is 0.408 e. The fourth-order valence-electron chi connectivity index (χ4n) is 2.70. The number of alkyl carbamates (subject to hydrolysis) is 2. The van der Waals surface area contributed by atoms with Gasteiger partial charge in [-0.25, -0.2) is 19.2 Å². The molecule has 2 aromatic carbocycles. The van der Waals surface area contributed by atoms with Gasteiger partial charge in [-0.05, 0) is 18.1 Å². The van der Waals surface area contributed by atoms with Crippen molar-refractivity contribution in [3.8, 4) is 0 Å². The third kappa shape index (κ3) is 10.8. The Morgan fingerprint density at radius 1 is 0.771 bits per heavy atom. The summed E-state index contributed by atoms with van der Waals surface area (Å²) in [6.45, 7) is 1.74. The Kier molecular flexibility index (Phi) is 12.0. The number of aliphatic carboxylic acids is 1. The molecule has 0 aliphatic rings. The van der Waals surface area contributed by atoms with Gasteiger partial charge in [-0.15, -0.1) is 0 Å². The average Bonchev–Trinajstić information content (AvgIpc) is 2.86. The Balaban J connectivity index is 1.83.